The van der Waals surface area contributed by atoms with Crippen LogP contribution in [0.3, 0.4) is 0 Å². The normalized spacial score (nSPS) is 10.2. The number of carboxylic acid groups (broad SMARTS) is 1. The molecule has 0 aromatic carbocycles. The van der Waals surface area contributed by atoms with Crippen molar-refractivity contribution in [2.24, 2.45) is 0 Å². The molecule has 80 valence electrons. The molecule has 0 rings (SSSR count). The SMILES string of the molecule is CCC(=O)[O-].CC[N+](C)(C)CCO. The summed E-state index contributed by atoms with van der Waals surface area (Å²) in [5.41, 5.74) is 0. The van der Waals surface area contributed by atoms with Crippen molar-refractivity contribution in [3.63, 3.8) is 0 Å². The molecule has 0 amide bonds. The van der Waals surface area contributed by atoms with Gasteiger partial charge in [-0.25, -0.2) is 0 Å². The highest BCUT2D eigenvalue weighted by Crippen LogP contribution is 1.92. The molecule has 0 radical (unpaired) electrons. The lowest BCUT2D eigenvalue weighted by molar-refractivity contribution is -0.888. The maximum atomic E-state index is 9.26. The third-order valence-corrected chi connectivity index (χ3v) is 1.85. The van der Waals surface area contributed by atoms with Crippen LogP contribution in [0.4, 0.5) is 0 Å². The van der Waals surface area contributed by atoms with Crippen LogP contribution in [0.2, 0.25) is 0 Å². The Hall–Kier alpha value is -0.610. The van der Waals surface area contributed by atoms with Crippen LogP contribution in [-0.2, 0) is 4.79 Å². The Morgan fingerprint density at radius 1 is 1.38 bits per heavy atom. The first-order valence-corrected chi connectivity index (χ1v) is 4.52. The fraction of sp³-hybridized carbons (Fsp3) is 0.889. The second kappa shape index (κ2) is 8.01. The average Bonchev–Trinajstić information content (AvgIpc) is 2.05. The van der Waals surface area contributed by atoms with Crippen LogP contribution < -0.4 is 5.11 Å². The van der Waals surface area contributed by atoms with Gasteiger partial charge >= 0.3 is 0 Å². The largest absolute Gasteiger partial charge is 0.550 e. The lowest BCUT2D eigenvalue weighted by Crippen LogP contribution is -2.41. The number of carbonyl (C=O) groups is 1. The van der Waals surface area contributed by atoms with Crippen molar-refractivity contribution in [1.29, 1.82) is 0 Å². The number of carbonyl (C=O) groups excluding carboxylic acids is 1. The van der Waals surface area contributed by atoms with E-state index in [1.807, 2.05) is 0 Å². The van der Waals surface area contributed by atoms with Crippen molar-refractivity contribution in [3.8, 4) is 0 Å². The zero-order chi connectivity index (χ0) is 10.9. The summed E-state index contributed by atoms with van der Waals surface area (Å²) in [4.78, 5) is 9.26. The van der Waals surface area contributed by atoms with E-state index in [0.717, 1.165) is 17.6 Å². The lowest BCUT2D eigenvalue weighted by Gasteiger charge is -2.26. The van der Waals surface area contributed by atoms with Crippen LogP contribution in [0.5, 0.6) is 0 Å². The van der Waals surface area contributed by atoms with Crippen molar-refractivity contribution < 1.29 is 19.5 Å². The molecule has 0 aliphatic carbocycles. The molecule has 0 atom stereocenters. The summed E-state index contributed by atoms with van der Waals surface area (Å²) < 4.78 is 0.913. The number of rotatable bonds is 4. The number of hydrogen-bond acceptors (Lipinski definition) is 3. The predicted molar refractivity (Wildman–Crippen MR) is 49.9 cm³/mol. The smallest absolute Gasteiger partial charge is 0.102 e. The van der Waals surface area contributed by atoms with E-state index in [9.17, 15) is 9.90 Å². The maximum Gasteiger partial charge on any atom is 0.102 e. The number of nitrogens with zero attached hydrogens (tertiary/aromatic N) is 1. The van der Waals surface area contributed by atoms with Crippen molar-refractivity contribution in [2.45, 2.75) is 20.3 Å². The molecule has 0 fully saturated rings. The molecule has 0 aliphatic heterocycles. The van der Waals surface area contributed by atoms with E-state index >= 15 is 0 Å². The average molecular weight is 191 g/mol. The van der Waals surface area contributed by atoms with Crippen LogP contribution >= 0.6 is 0 Å². The molecule has 0 saturated carbocycles. The Morgan fingerprint density at radius 3 is 1.85 bits per heavy atom. The molecule has 0 aliphatic rings. The highest BCUT2D eigenvalue weighted by atomic mass is 16.4. The van der Waals surface area contributed by atoms with E-state index in [2.05, 4.69) is 21.0 Å². The first-order chi connectivity index (χ1) is 5.89. The lowest BCUT2D eigenvalue weighted by atomic mass is 10.5. The topological polar surface area (TPSA) is 60.4 Å². The highest BCUT2D eigenvalue weighted by molar-refractivity contribution is 5.63. The molecule has 13 heavy (non-hydrogen) atoms. The van der Waals surface area contributed by atoms with Gasteiger partial charge in [-0.1, -0.05) is 6.92 Å². The van der Waals surface area contributed by atoms with Gasteiger partial charge in [-0.3, -0.25) is 0 Å². The van der Waals surface area contributed by atoms with Gasteiger partial charge in [-0.2, -0.15) is 0 Å². The Morgan fingerprint density at radius 2 is 1.77 bits per heavy atom. The Balaban J connectivity index is 0. The molecule has 1 N–H and O–H groups in total. The van der Waals surface area contributed by atoms with E-state index in [1.165, 1.54) is 6.92 Å². The Bertz CT molecular complexity index is 135. The number of quaternary nitrogens is 1. The van der Waals surface area contributed by atoms with E-state index < -0.39 is 5.97 Å². The van der Waals surface area contributed by atoms with Gasteiger partial charge in [0.2, 0.25) is 0 Å². The molecular formula is C9H21NO3. The Labute approximate surface area is 80.4 Å². The molecular weight excluding hydrogens is 170 g/mol. The van der Waals surface area contributed by atoms with Gasteiger partial charge < -0.3 is 19.5 Å². The van der Waals surface area contributed by atoms with E-state index in [1.54, 1.807) is 0 Å². The van der Waals surface area contributed by atoms with Crippen molar-refractivity contribution in [3.05, 3.63) is 0 Å². The standard InChI is InChI=1S/C6H16NO.C3H6O2/c1-4-7(2,3)5-6-8;1-2-3(4)5/h8H,4-6H2,1-3H3;2H2,1H3,(H,4,5)/q+1;/p-1. The van der Waals surface area contributed by atoms with Gasteiger partial charge in [0.1, 0.15) is 6.54 Å². The summed E-state index contributed by atoms with van der Waals surface area (Å²) in [6.45, 7) is 5.89. The summed E-state index contributed by atoms with van der Waals surface area (Å²) in [7, 11) is 4.21. The van der Waals surface area contributed by atoms with E-state index in [0.29, 0.717) is 6.61 Å². The molecule has 0 unspecified atom stereocenters. The highest BCUT2D eigenvalue weighted by Gasteiger charge is 2.08. The number of aliphatic hydroxyl groups is 1. The molecule has 4 nitrogen and oxygen atoms in total. The van der Waals surface area contributed by atoms with Crippen LogP contribution in [0.25, 0.3) is 0 Å². The molecule has 0 bridgehead atoms. The molecule has 4 heteroatoms. The quantitative estimate of drug-likeness (QED) is 0.593. The minimum Gasteiger partial charge on any atom is -0.550 e. The van der Waals surface area contributed by atoms with Gasteiger partial charge in [-0.05, 0) is 13.3 Å². The summed E-state index contributed by atoms with van der Waals surface area (Å²) in [5.74, 6) is -0.995. The predicted octanol–water partition coefficient (Wildman–Crippen LogP) is -0.779. The molecule has 0 aromatic heterocycles. The third kappa shape index (κ3) is 14.3. The van der Waals surface area contributed by atoms with Crippen molar-refractivity contribution >= 4 is 5.97 Å². The van der Waals surface area contributed by atoms with Crippen LogP contribution in [-0.4, -0.2) is 49.4 Å². The first kappa shape index (κ1) is 14.9. The van der Waals surface area contributed by atoms with Gasteiger partial charge in [0, 0.05) is 5.97 Å². The van der Waals surface area contributed by atoms with Gasteiger partial charge in [0.25, 0.3) is 0 Å². The number of likely N-dealkylation sites (N-methyl/N-ethyl adjacent to an activating group) is 1. The molecule has 0 saturated heterocycles. The summed E-state index contributed by atoms with van der Waals surface area (Å²) in [5, 5.41) is 17.8. The second-order valence-electron chi connectivity index (χ2n) is 3.42. The minimum atomic E-state index is -0.995. The minimum absolute atomic E-state index is 0.111. The van der Waals surface area contributed by atoms with Crippen LogP contribution in [0.15, 0.2) is 0 Å². The third-order valence-electron chi connectivity index (χ3n) is 1.85. The van der Waals surface area contributed by atoms with Crippen molar-refractivity contribution in [2.75, 3.05) is 33.8 Å². The van der Waals surface area contributed by atoms with E-state index in [-0.39, 0.29) is 6.42 Å². The van der Waals surface area contributed by atoms with Gasteiger partial charge in [-0.15, -0.1) is 0 Å². The van der Waals surface area contributed by atoms with Crippen molar-refractivity contribution in [1.82, 2.24) is 0 Å². The molecule has 0 heterocycles. The Kier molecular flexibility index (Phi) is 9.17. The number of aliphatic carboxylic acids is 1. The monoisotopic (exact) mass is 191 g/mol. The molecule has 0 spiro atoms. The van der Waals surface area contributed by atoms with Crippen LogP contribution in [0, 0.1) is 0 Å². The summed E-state index contributed by atoms with van der Waals surface area (Å²) >= 11 is 0. The maximum absolute atomic E-state index is 9.26. The van der Waals surface area contributed by atoms with Gasteiger partial charge in [0.05, 0.1) is 27.2 Å². The number of hydrogen-bond donors (Lipinski definition) is 1. The fourth-order valence-electron chi connectivity index (χ4n) is 0.429. The summed E-state index contributed by atoms with van der Waals surface area (Å²) in [6, 6.07) is 0. The molecule has 0 aromatic rings. The number of carboxylic acids is 1. The second-order valence-corrected chi connectivity index (χ2v) is 3.42. The first-order valence-electron chi connectivity index (χ1n) is 4.52. The van der Waals surface area contributed by atoms with Gasteiger partial charge in [0.15, 0.2) is 0 Å². The zero-order valence-corrected chi connectivity index (χ0v) is 9.04. The van der Waals surface area contributed by atoms with Crippen LogP contribution in [0.1, 0.15) is 20.3 Å². The fourth-order valence-corrected chi connectivity index (χ4v) is 0.429. The summed E-state index contributed by atoms with van der Waals surface area (Å²) in [6.07, 6.45) is 0.111. The number of aliphatic hydroxyl groups excluding tert-OH is 1. The zero-order valence-electron chi connectivity index (χ0n) is 9.04. The van der Waals surface area contributed by atoms with E-state index in [4.69, 9.17) is 5.11 Å².